The molecule has 1 aliphatic carbocycles. The van der Waals surface area contributed by atoms with Crippen molar-refractivity contribution in [1.82, 2.24) is 19.9 Å². The van der Waals surface area contributed by atoms with Crippen LogP contribution in [0, 0.1) is 0 Å². The van der Waals surface area contributed by atoms with Gasteiger partial charge in [-0.25, -0.2) is 18.3 Å². The summed E-state index contributed by atoms with van der Waals surface area (Å²) in [6.07, 6.45) is 2.10. The number of aliphatic hydroxyl groups excluding tert-OH is 1. The molecule has 0 aromatic carbocycles. The summed E-state index contributed by atoms with van der Waals surface area (Å²) >= 11 is 7.15. The fourth-order valence-corrected chi connectivity index (χ4v) is 4.31. The molecule has 3 aromatic heterocycles. The van der Waals surface area contributed by atoms with E-state index in [1.54, 1.807) is 16.9 Å². The number of nitrogens with one attached hydrogen (secondary N) is 1. The third-order valence-corrected chi connectivity index (χ3v) is 5.85. The van der Waals surface area contributed by atoms with Crippen molar-refractivity contribution >= 4 is 34.4 Å². The largest absolute Gasteiger partial charge is 0.391 e. The average molecular weight is 413 g/mol. The number of aliphatic hydroxyl groups is 1. The zero-order valence-electron chi connectivity index (χ0n) is 13.9. The highest BCUT2D eigenvalue weighted by molar-refractivity contribution is 7.18. The molecular weight excluding hydrogens is 398 g/mol. The molecule has 0 saturated heterocycles. The zero-order chi connectivity index (χ0) is 19.2. The quantitative estimate of drug-likeness (QED) is 0.691. The molecule has 2 N–H and O–H groups in total. The van der Waals surface area contributed by atoms with Crippen molar-refractivity contribution in [2.24, 2.45) is 0 Å². The fraction of sp³-hybridized carbons (Fsp3) is 0.353. The smallest absolute Gasteiger partial charge is 0.280 e. The van der Waals surface area contributed by atoms with Gasteiger partial charge in [0.15, 0.2) is 5.01 Å². The van der Waals surface area contributed by atoms with Crippen LogP contribution < -0.4 is 5.32 Å². The van der Waals surface area contributed by atoms with E-state index in [1.165, 1.54) is 0 Å². The van der Waals surface area contributed by atoms with E-state index >= 15 is 0 Å². The highest BCUT2D eigenvalue weighted by Gasteiger charge is 2.47. The molecule has 3 aromatic rings. The van der Waals surface area contributed by atoms with Gasteiger partial charge in [-0.05, 0) is 25.0 Å². The van der Waals surface area contributed by atoms with Crippen LogP contribution in [0.3, 0.4) is 0 Å². The van der Waals surface area contributed by atoms with Crippen LogP contribution >= 0.6 is 22.9 Å². The summed E-state index contributed by atoms with van der Waals surface area (Å²) in [7, 11) is 0. The third kappa shape index (κ3) is 3.30. The number of nitrogens with zero attached hydrogens (tertiary/aromatic N) is 3. The van der Waals surface area contributed by atoms with Gasteiger partial charge in [-0.15, -0.1) is 0 Å². The van der Waals surface area contributed by atoms with Crippen molar-refractivity contribution in [3.8, 4) is 11.3 Å². The number of carbonyl (C=O) groups excluding carboxylic acids is 1. The standard InChI is InChI=1S/C17H15ClF2N4O2S/c18-14-12(9-8-21-24-7-2-1-4-10(9)24)22-16(27-14)15(26)23-13-11(25)5-3-6-17(13,19)20/h1-2,4,7-8,11,13,25H,3,5-6H2,(H,23,26)/t11-,13+/m0/s1. The van der Waals surface area contributed by atoms with Gasteiger partial charge in [0.05, 0.1) is 17.8 Å². The second kappa shape index (κ2) is 6.81. The Morgan fingerprint density at radius 2 is 2.26 bits per heavy atom. The molecule has 0 spiro atoms. The van der Waals surface area contributed by atoms with Crippen molar-refractivity contribution in [1.29, 1.82) is 0 Å². The Labute approximate surface area is 161 Å². The number of alkyl halides is 2. The SMILES string of the molecule is O=C(N[C@@H]1[C@@H](O)CCCC1(F)F)c1nc(-c2cnn3ccccc23)c(Cl)s1. The maximum atomic E-state index is 14.0. The van der Waals surface area contributed by atoms with E-state index in [4.69, 9.17) is 11.6 Å². The number of halogens is 3. The van der Waals surface area contributed by atoms with Crippen LogP contribution in [0.15, 0.2) is 30.6 Å². The predicted octanol–water partition coefficient (Wildman–Crippen LogP) is 3.39. The highest BCUT2D eigenvalue weighted by atomic mass is 35.5. The number of carbonyl (C=O) groups is 1. The van der Waals surface area contributed by atoms with E-state index in [2.05, 4.69) is 15.4 Å². The first-order chi connectivity index (χ1) is 12.9. The molecule has 0 radical (unpaired) electrons. The second-order valence-corrected chi connectivity index (χ2v) is 8.00. The highest BCUT2D eigenvalue weighted by Crippen LogP contribution is 2.36. The first-order valence-corrected chi connectivity index (χ1v) is 9.52. The molecule has 1 saturated carbocycles. The molecule has 1 fully saturated rings. The molecule has 0 bridgehead atoms. The second-order valence-electron chi connectivity index (χ2n) is 6.40. The molecule has 0 unspecified atom stereocenters. The van der Waals surface area contributed by atoms with Crippen molar-refractivity contribution in [2.75, 3.05) is 0 Å². The number of fused-ring (bicyclic) bond motifs is 1. The van der Waals surface area contributed by atoms with Crippen LogP contribution in [0.25, 0.3) is 16.8 Å². The first-order valence-electron chi connectivity index (χ1n) is 8.32. The minimum Gasteiger partial charge on any atom is -0.391 e. The number of pyridine rings is 1. The Balaban J connectivity index is 1.62. The summed E-state index contributed by atoms with van der Waals surface area (Å²) in [5.74, 6) is -3.95. The Hall–Kier alpha value is -2.10. The van der Waals surface area contributed by atoms with Crippen molar-refractivity contribution in [3.63, 3.8) is 0 Å². The number of hydrogen-bond acceptors (Lipinski definition) is 5. The normalized spacial score (nSPS) is 22.1. The Kier molecular flexibility index (Phi) is 4.61. The molecular formula is C17H15ClF2N4O2S. The van der Waals surface area contributed by atoms with E-state index in [0.717, 1.165) is 16.9 Å². The minimum atomic E-state index is -3.17. The summed E-state index contributed by atoms with van der Waals surface area (Å²) < 4.78 is 30.0. The number of hydrogen-bond donors (Lipinski definition) is 2. The molecule has 0 aliphatic heterocycles. The van der Waals surface area contributed by atoms with Gasteiger partial charge in [0, 0.05) is 18.2 Å². The zero-order valence-corrected chi connectivity index (χ0v) is 15.5. The van der Waals surface area contributed by atoms with E-state index in [-0.39, 0.29) is 28.6 Å². The lowest BCUT2D eigenvalue weighted by Crippen LogP contribution is -2.56. The van der Waals surface area contributed by atoms with Crippen molar-refractivity contribution in [2.45, 2.75) is 37.3 Å². The van der Waals surface area contributed by atoms with Crippen LogP contribution in [-0.4, -0.2) is 43.7 Å². The van der Waals surface area contributed by atoms with Gasteiger partial charge in [-0.1, -0.05) is 29.0 Å². The molecule has 10 heteroatoms. The topological polar surface area (TPSA) is 79.5 Å². The monoisotopic (exact) mass is 412 g/mol. The van der Waals surface area contributed by atoms with Crippen LogP contribution in [0.5, 0.6) is 0 Å². The molecule has 27 heavy (non-hydrogen) atoms. The van der Waals surface area contributed by atoms with Crippen molar-refractivity contribution < 1.29 is 18.7 Å². The molecule has 1 amide bonds. The Bertz CT molecular complexity index is 1010. The Morgan fingerprint density at radius 3 is 3.04 bits per heavy atom. The molecule has 142 valence electrons. The third-order valence-electron chi connectivity index (χ3n) is 4.60. The molecule has 2 atom stereocenters. The summed E-state index contributed by atoms with van der Waals surface area (Å²) in [6, 6.07) is 3.85. The number of amides is 1. The van der Waals surface area contributed by atoms with E-state index in [9.17, 15) is 18.7 Å². The summed E-state index contributed by atoms with van der Waals surface area (Å²) in [5, 5.41) is 16.3. The molecule has 4 rings (SSSR count). The van der Waals surface area contributed by atoms with Crippen LogP contribution in [0.4, 0.5) is 8.78 Å². The van der Waals surface area contributed by atoms with Gasteiger partial charge in [0.1, 0.15) is 16.1 Å². The maximum Gasteiger partial charge on any atom is 0.280 e. The lowest BCUT2D eigenvalue weighted by atomic mass is 9.89. The molecule has 3 heterocycles. The van der Waals surface area contributed by atoms with Gasteiger partial charge < -0.3 is 10.4 Å². The van der Waals surface area contributed by atoms with Gasteiger partial charge >= 0.3 is 0 Å². The van der Waals surface area contributed by atoms with Crippen LogP contribution in [0.1, 0.15) is 29.1 Å². The van der Waals surface area contributed by atoms with Gasteiger partial charge in [0.25, 0.3) is 11.8 Å². The predicted molar refractivity (Wildman–Crippen MR) is 97.4 cm³/mol. The number of thiazole rings is 1. The number of rotatable bonds is 3. The van der Waals surface area contributed by atoms with E-state index in [1.807, 2.05) is 18.2 Å². The molecule has 1 aliphatic rings. The lowest BCUT2D eigenvalue weighted by molar-refractivity contribution is -0.105. The van der Waals surface area contributed by atoms with Crippen LogP contribution in [-0.2, 0) is 0 Å². The number of aromatic nitrogens is 3. The average Bonchev–Trinajstić information content (AvgIpc) is 3.21. The first kappa shape index (κ1) is 18.3. The Morgan fingerprint density at radius 1 is 1.44 bits per heavy atom. The van der Waals surface area contributed by atoms with Crippen LogP contribution in [0.2, 0.25) is 4.34 Å². The summed E-state index contributed by atoms with van der Waals surface area (Å²) in [6.45, 7) is 0. The molecule has 6 nitrogen and oxygen atoms in total. The fourth-order valence-electron chi connectivity index (χ4n) is 3.24. The summed E-state index contributed by atoms with van der Waals surface area (Å²) in [4.78, 5) is 16.7. The van der Waals surface area contributed by atoms with Gasteiger partial charge in [0.2, 0.25) is 0 Å². The van der Waals surface area contributed by atoms with E-state index < -0.39 is 24.0 Å². The van der Waals surface area contributed by atoms with E-state index in [0.29, 0.717) is 11.3 Å². The van der Waals surface area contributed by atoms with Gasteiger partial charge in [-0.2, -0.15) is 5.10 Å². The summed E-state index contributed by atoms with van der Waals surface area (Å²) in [5.41, 5.74) is 1.76. The van der Waals surface area contributed by atoms with Crippen molar-refractivity contribution in [3.05, 3.63) is 39.9 Å². The van der Waals surface area contributed by atoms with Gasteiger partial charge in [-0.3, -0.25) is 4.79 Å². The maximum absolute atomic E-state index is 14.0. The lowest BCUT2D eigenvalue weighted by Gasteiger charge is -2.35. The minimum absolute atomic E-state index is 0.0427.